The summed E-state index contributed by atoms with van der Waals surface area (Å²) in [5.74, 6) is 0.350. The quantitative estimate of drug-likeness (QED) is 0.895. The van der Waals surface area contributed by atoms with Crippen molar-refractivity contribution in [1.82, 2.24) is 0 Å². The number of hydrogen-bond donors (Lipinski definition) is 1. The number of amides is 1. The molecule has 1 N–H and O–H groups in total. The topological polar surface area (TPSA) is 75.7 Å². The lowest BCUT2D eigenvalue weighted by Gasteiger charge is -2.33. The molecule has 3 rings (SSSR count). The highest BCUT2D eigenvalue weighted by Crippen LogP contribution is 2.36. The predicted octanol–water partition coefficient (Wildman–Crippen LogP) is 3.24. The molecule has 0 spiro atoms. The van der Waals surface area contributed by atoms with E-state index in [1.807, 2.05) is 26.8 Å². The second kappa shape index (κ2) is 6.64. The zero-order valence-corrected chi connectivity index (χ0v) is 16.1. The van der Waals surface area contributed by atoms with Crippen molar-refractivity contribution in [3.8, 4) is 5.75 Å². The lowest BCUT2D eigenvalue weighted by atomic mass is 10.1. The predicted molar refractivity (Wildman–Crippen MR) is 101 cm³/mol. The first-order valence-corrected chi connectivity index (χ1v) is 9.84. The summed E-state index contributed by atoms with van der Waals surface area (Å²) in [6.45, 7) is 7.53. The Balaban J connectivity index is 1.98. The second-order valence-corrected chi connectivity index (χ2v) is 8.35. The van der Waals surface area contributed by atoms with Gasteiger partial charge in [-0.15, -0.1) is 0 Å². The average Bonchev–Trinajstić information content (AvgIpc) is 2.51. The fraction of sp³-hybridized carbons (Fsp3) is 0.316. The van der Waals surface area contributed by atoms with Crippen molar-refractivity contribution in [1.29, 1.82) is 0 Å². The van der Waals surface area contributed by atoms with Crippen LogP contribution in [0.25, 0.3) is 0 Å². The zero-order chi connectivity index (χ0) is 19.1. The minimum atomic E-state index is -3.79. The van der Waals surface area contributed by atoms with Crippen molar-refractivity contribution < 1.29 is 17.9 Å². The summed E-state index contributed by atoms with van der Waals surface area (Å²) in [5.41, 5.74) is 2.92. The van der Waals surface area contributed by atoms with Crippen molar-refractivity contribution in [2.45, 2.75) is 38.7 Å². The molecular weight excluding hydrogens is 352 g/mol. The van der Waals surface area contributed by atoms with Crippen LogP contribution in [0.1, 0.15) is 25.0 Å². The highest BCUT2D eigenvalue weighted by atomic mass is 32.2. The number of nitrogens with zero attached hydrogens (tertiary/aromatic N) is 1. The summed E-state index contributed by atoms with van der Waals surface area (Å²) in [5, 5.41) is 0. The number of ether oxygens (including phenoxy) is 1. The molecule has 0 aromatic heterocycles. The van der Waals surface area contributed by atoms with E-state index in [1.54, 1.807) is 23.1 Å². The molecule has 2 aromatic rings. The third-order valence-corrected chi connectivity index (χ3v) is 5.53. The number of rotatable bonds is 3. The molecule has 0 saturated carbocycles. The van der Waals surface area contributed by atoms with Gasteiger partial charge in [0.25, 0.3) is 10.0 Å². The Labute approximate surface area is 153 Å². The van der Waals surface area contributed by atoms with Gasteiger partial charge in [0.05, 0.1) is 17.1 Å². The molecule has 0 fully saturated rings. The lowest BCUT2D eigenvalue weighted by molar-refractivity contribution is -0.117. The molecule has 6 nitrogen and oxygen atoms in total. The van der Waals surface area contributed by atoms with E-state index in [9.17, 15) is 13.2 Å². The maximum Gasteiger partial charge on any atom is 0.261 e. The normalized spacial score (nSPS) is 16.6. The van der Waals surface area contributed by atoms with E-state index in [2.05, 4.69) is 4.72 Å². The summed E-state index contributed by atoms with van der Waals surface area (Å²) in [4.78, 5) is 13.6. The second-order valence-electron chi connectivity index (χ2n) is 6.67. The van der Waals surface area contributed by atoms with E-state index in [4.69, 9.17) is 4.74 Å². The van der Waals surface area contributed by atoms with Crippen molar-refractivity contribution in [3.05, 3.63) is 47.5 Å². The Morgan fingerprint density at radius 3 is 2.42 bits per heavy atom. The van der Waals surface area contributed by atoms with Gasteiger partial charge in [0, 0.05) is 12.6 Å². The molecule has 1 amide bonds. The Hall–Kier alpha value is -2.54. The third kappa shape index (κ3) is 3.67. The molecule has 0 saturated heterocycles. The molecule has 0 radical (unpaired) electrons. The van der Waals surface area contributed by atoms with E-state index >= 15 is 0 Å². The molecule has 2 aromatic carbocycles. The number of fused-ring (bicyclic) bond motifs is 1. The summed E-state index contributed by atoms with van der Waals surface area (Å²) >= 11 is 0. The third-order valence-electron chi connectivity index (χ3n) is 4.15. The van der Waals surface area contributed by atoms with Crippen LogP contribution >= 0.6 is 0 Å². The lowest BCUT2D eigenvalue weighted by Crippen LogP contribution is -2.41. The number of carbonyl (C=O) groups is 1. The fourth-order valence-electron chi connectivity index (χ4n) is 3.13. The number of aryl methyl sites for hydroxylation is 2. The van der Waals surface area contributed by atoms with Gasteiger partial charge in [-0.05, 0) is 62.2 Å². The van der Waals surface area contributed by atoms with Crippen LogP contribution in [0.15, 0.2) is 41.3 Å². The Morgan fingerprint density at radius 1 is 1.15 bits per heavy atom. The van der Waals surface area contributed by atoms with Crippen molar-refractivity contribution in [2.24, 2.45) is 0 Å². The van der Waals surface area contributed by atoms with Gasteiger partial charge in [-0.3, -0.25) is 9.52 Å². The van der Waals surface area contributed by atoms with Gasteiger partial charge in [0.1, 0.15) is 11.9 Å². The number of anilines is 2. The SMILES string of the molecule is CC(=O)N1CC(C)Oc2ccc(S(=O)(=O)Nc3cc(C)cc(C)c3)cc21. The van der Waals surface area contributed by atoms with Crippen molar-refractivity contribution >= 4 is 27.3 Å². The summed E-state index contributed by atoms with van der Waals surface area (Å²) in [6.07, 6.45) is -0.151. The standard InChI is InChI=1S/C19H22N2O4S/c1-12-7-13(2)9-16(8-12)20-26(23,24)17-5-6-19-18(10-17)21(15(4)22)11-14(3)25-19/h5-10,14,20H,11H2,1-4H3. The molecule has 1 aliphatic rings. The molecule has 138 valence electrons. The van der Waals surface area contributed by atoms with Gasteiger partial charge < -0.3 is 9.64 Å². The van der Waals surface area contributed by atoms with E-state index in [1.165, 1.54) is 19.1 Å². The van der Waals surface area contributed by atoms with E-state index in [0.29, 0.717) is 23.7 Å². The largest absolute Gasteiger partial charge is 0.487 e. The summed E-state index contributed by atoms with van der Waals surface area (Å²) in [6, 6.07) is 10.1. The van der Waals surface area contributed by atoms with Gasteiger partial charge in [0.15, 0.2) is 0 Å². The zero-order valence-electron chi connectivity index (χ0n) is 15.2. The van der Waals surface area contributed by atoms with Crippen LogP contribution in [-0.2, 0) is 14.8 Å². The summed E-state index contributed by atoms with van der Waals surface area (Å²) < 4.78 is 33.9. The summed E-state index contributed by atoms with van der Waals surface area (Å²) in [7, 11) is -3.79. The fourth-order valence-corrected chi connectivity index (χ4v) is 4.19. The smallest absolute Gasteiger partial charge is 0.261 e. The van der Waals surface area contributed by atoms with E-state index in [0.717, 1.165) is 11.1 Å². The van der Waals surface area contributed by atoms with Crippen LogP contribution < -0.4 is 14.4 Å². The molecule has 7 heteroatoms. The van der Waals surface area contributed by atoms with Gasteiger partial charge in [-0.25, -0.2) is 8.42 Å². The number of benzene rings is 2. The van der Waals surface area contributed by atoms with Crippen LogP contribution in [0.3, 0.4) is 0 Å². The van der Waals surface area contributed by atoms with Gasteiger partial charge in [-0.2, -0.15) is 0 Å². The van der Waals surface area contributed by atoms with Gasteiger partial charge in [-0.1, -0.05) is 6.07 Å². The molecule has 1 heterocycles. The van der Waals surface area contributed by atoms with Crippen LogP contribution in [0.2, 0.25) is 0 Å². The first-order chi connectivity index (χ1) is 12.2. The molecular formula is C19H22N2O4S. The minimum Gasteiger partial charge on any atom is -0.487 e. The monoisotopic (exact) mass is 374 g/mol. The maximum atomic E-state index is 12.8. The Kier molecular flexibility index (Phi) is 4.66. The molecule has 1 unspecified atom stereocenters. The molecule has 0 aliphatic carbocycles. The molecule has 26 heavy (non-hydrogen) atoms. The maximum absolute atomic E-state index is 12.8. The molecule has 1 atom stereocenters. The molecule has 1 aliphatic heterocycles. The van der Waals surface area contributed by atoms with Crippen LogP contribution in [0.5, 0.6) is 5.75 Å². The highest BCUT2D eigenvalue weighted by molar-refractivity contribution is 7.92. The number of nitrogens with one attached hydrogen (secondary N) is 1. The van der Waals surface area contributed by atoms with Crippen LogP contribution in [0.4, 0.5) is 11.4 Å². The van der Waals surface area contributed by atoms with Gasteiger partial charge >= 0.3 is 0 Å². The van der Waals surface area contributed by atoms with Crippen LogP contribution in [-0.4, -0.2) is 27.0 Å². The average molecular weight is 374 g/mol. The van der Waals surface area contributed by atoms with Crippen molar-refractivity contribution in [3.63, 3.8) is 0 Å². The number of hydrogen-bond acceptors (Lipinski definition) is 4. The Morgan fingerprint density at radius 2 is 1.81 bits per heavy atom. The van der Waals surface area contributed by atoms with E-state index < -0.39 is 10.0 Å². The molecule has 0 bridgehead atoms. The minimum absolute atomic E-state index is 0.0832. The van der Waals surface area contributed by atoms with Crippen molar-refractivity contribution in [2.75, 3.05) is 16.2 Å². The van der Waals surface area contributed by atoms with Crippen LogP contribution in [0, 0.1) is 13.8 Å². The number of sulfonamides is 1. The first kappa shape index (κ1) is 18.3. The first-order valence-electron chi connectivity index (χ1n) is 8.35. The van der Waals surface area contributed by atoms with Gasteiger partial charge in [0.2, 0.25) is 5.91 Å². The highest BCUT2D eigenvalue weighted by Gasteiger charge is 2.27. The van der Waals surface area contributed by atoms with E-state index in [-0.39, 0.29) is 16.9 Å². The Bertz CT molecular complexity index is 949. The number of carbonyl (C=O) groups excluding carboxylic acids is 1.